The van der Waals surface area contributed by atoms with Crippen molar-refractivity contribution < 1.29 is 23.9 Å². The van der Waals surface area contributed by atoms with Crippen LogP contribution in [0.5, 0.6) is 0 Å². The maximum absolute atomic E-state index is 12.2. The molecule has 1 atom stereocenters. The molecule has 120 valence electrons. The molecule has 0 aromatic heterocycles. The van der Waals surface area contributed by atoms with Gasteiger partial charge in [-0.3, -0.25) is 9.69 Å². The lowest BCUT2D eigenvalue weighted by Crippen LogP contribution is -2.53. The molecular formula is C15H25NO5. The third kappa shape index (κ3) is 5.73. The first kappa shape index (κ1) is 17.5. The molecule has 0 saturated carbocycles. The van der Waals surface area contributed by atoms with Gasteiger partial charge in [0.15, 0.2) is 5.78 Å². The molecule has 0 bridgehead atoms. The Morgan fingerprint density at radius 1 is 1.05 bits per heavy atom. The van der Waals surface area contributed by atoms with Crippen molar-refractivity contribution in [2.45, 2.75) is 71.6 Å². The Bertz CT molecular complexity index is 430. The van der Waals surface area contributed by atoms with Gasteiger partial charge in [-0.05, 0) is 48.0 Å². The van der Waals surface area contributed by atoms with Gasteiger partial charge < -0.3 is 9.47 Å². The highest BCUT2D eigenvalue weighted by atomic mass is 16.6. The summed E-state index contributed by atoms with van der Waals surface area (Å²) in [5.74, 6) is -0.582. The minimum absolute atomic E-state index is 0.0827. The number of hydrogen-bond donors (Lipinski definition) is 0. The van der Waals surface area contributed by atoms with Crippen LogP contribution in [0.2, 0.25) is 0 Å². The van der Waals surface area contributed by atoms with E-state index < -0.39 is 29.3 Å². The second-order valence-corrected chi connectivity index (χ2v) is 7.23. The van der Waals surface area contributed by atoms with Crippen LogP contribution in [0.15, 0.2) is 0 Å². The van der Waals surface area contributed by atoms with Gasteiger partial charge in [0.2, 0.25) is 0 Å². The molecule has 1 heterocycles. The minimum atomic E-state index is -0.767. The van der Waals surface area contributed by atoms with Crippen molar-refractivity contribution in [1.29, 1.82) is 0 Å². The van der Waals surface area contributed by atoms with Gasteiger partial charge in [0.1, 0.15) is 17.2 Å². The predicted molar refractivity (Wildman–Crippen MR) is 76.8 cm³/mol. The van der Waals surface area contributed by atoms with Crippen molar-refractivity contribution in [3.05, 3.63) is 0 Å². The van der Waals surface area contributed by atoms with E-state index in [9.17, 15) is 14.4 Å². The molecule has 0 N–H and O–H groups in total. The molecule has 0 spiro atoms. The minimum Gasteiger partial charge on any atom is -0.458 e. The average molecular weight is 299 g/mol. The standard InChI is InChI=1S/C15H25NO5/c1-14(2,3)20-12(18)11-8-7-10(17)9-16(11)13(19)21-15(4,5)6/h11H,7-9H2,1-6H3/t11-/m0/s1. The van der Waals surface area contributed by atoms with Gasteiger partial charge >= 0.3 is 12.1 Å². The quantitative estimate of drug-likeness (QED) is 0.695. The second kappa shape index (κ2) is 6.03. The third-order valence-corrected chi connectivity index (χ3v) is 2.73. The Balaban J connectivity index is 2.86. The van der Waals surface area contributed by atoms with E-state index in [0.717, 1.165) is 0 Å². The van der Waals surface area contributed by atoms with Gasteiger partial charge in [-0.1, -0.05) is 0 Å². The Morgan fingerprint density at radius 3 is 2.05 bits per heavy atom. The van der Waals surface area contributed by atoms with Crippen LogP contribution in [0.4, 0.5) is 4.79 Å². The molecule has 0 aliphatic carbocycles. The van der Waals surface area contributed by atoms with Crippen molar-refractivity contribution in [2.75, 3.05) is 6.54 Å². The van der Waals surface area contributed by atoms with Crippen LogP contribution in [0.1, 0.15) is 54.4 Å². The fraction of sp³-hybridized carbons (Fsp3) is 0.800. The molecule has 0 aromatic carbocycles. The van der Waals surface area contributed by atoms with Gasteiger partial charge in [-0.25, -0.2) is 9.59 Å². The molecule has 1 amide bonds. The summed E-state index contributed by atoms with van der Waals surface area (Å²) < 4.78 is 10.6. The number of ether oxygens (including phenoxy) is 2. The molecule has 6 nitrogen and oxygen atoms in total. The Kier molecular flexibility index (Phi) is 5.02. The number of amides is 1. The average Bonchev–Trinajstić information content (AvgIpc) is 2.23. The summed E-state index contributed by atoms with van der Waals surface area (Å²) in [5.41, 5.74) is -1.33. The van der Waals surface area contributed by atoms with E-state index in [0.29, 0.717) is 0 Å². The highest BCUT2D eigenvalue weighted by molar-refractivity contribution is 5.90. The number of esters is 1. The number of carbonyl (C=O) groups is 3. The lowest BCUT2D eigenvalue weighted by Gasteiger charge is -2.35. The summed E-state index contributed by atoms with van der Waals surface area (Å²) in [4.78, 5) is 37.2. The molecular weight excluding hydrogens is 274 g/mol. The van der Waals surface area contributed by atoms with Crippen molar-refractivity contribution in [3.8, 4) is 0 Å². The molecule has 1 aliphatic heterocycles. The number of hydrogen-bond acceptors (Lipinski definition) is 5. The van der Waals surface area contributed by atoms with Crippen molar-refractivity contribution >= 4 is 17.8 Å². The molecule has 1 aliphatic rings. The maximum Gasteiger partial charge on any atom is 0.411 e. The summed E-state index contributed by atoms with van der Waals surface area (Å²) in [5, 5.41) is 0. The van der Waals surface area contributed by atoms with Crippen LogP contribution in [0, 0.1) is 0 Å². The molecule has 1 fully saturated rings. The van der Waals surface area contributed by atoms with Crippen LogP contribution in [0.25, 0.3) is 0 Å². The fourth-order valence-corrected chi connectivity index (χ4v) is 1.96. The van der Waals surface area contributed by atoms with Crippen molar-refractivity contribution in [1.82, 2.24) is 4.90 Å². The zero-order valence-corrected chi connectivity index (χ0v) is 13.7. The summed E-state index contributed by atoms with van der Waals surface area (Å²) in [6.07, 6.45) is -0.123. The summed E-state index contributed by atoms with van der Waals surface area (Å²) in [6, 6.07) is -0.767. The van der Waals surface area contributed by atoms with Crippen LogP contribution >= 0.6 is 0 Å². The number of rotatable bonds is 1. The molecule has 6 heteroatoms. The highest BCUT2D eigenvalue weighted by Gasteiger charge is 2.39. The number of nitrogens with zero attached hydrogens (tertiary/aromatic N) is 1. The first-order valence-corrected chi connectivity index (χ1v) is 7.13. The molecule has 1 rings (SSSR count). The van der Waals surface area contributed by atoms with E-state index in [1.807, 2.05) is 0 Å². The number of Topliss-reactive ketones (excluding diaryl/α,β-unsaturated/α-hetero) is 1. The monoisotopic (exact) mass is 299 g/mol. The van der Waals surface area contributed by atoms with Crippen LogP contribution in [0.3, 0.4) is 0 Å². The van der Waals surface area contributed by atoms with Crippen LogP contribution in [-0.4, -0.2) is 46.5 Å². The molecule has 0 radical (unpaired) electrons. The van der Waals surface area contributed by atoms with E-state index in [1.165, 1.54) is 4.90 Å². The van der Waals surface area contributed by atoms with Crippen LogP contribution < -0.4 is 0 Å². The number of carbonyl (C=O) groups excluding carboxylic acids is 3. The zero-order chi connectivity index (χ0) is 16.4. The normalized spacial score (nSPS) is 20.2. The van der Waals surface area contributed by atoms with Gasteiger partial charge in [-0.2, -0.15) is 0 Å². The second-order valence-electron chi connectivity index (χ2n) is 7.23. The summed E-state index contributed by atoms with van der Waals surface area (Å²) >= 11 is 0. The molecule has 21 heavy (non-hydrogen) atoms. The van der Waals surface area contributed by atoms with Gasteiger partial charge in [0, 0.05) is 6.42 Å². The molecule has 0 unspecified atom stereocenters. The lowest BCUT2D eigenvalue weighted by molar-refractivity contribution is -0.162. The van der Waals surface area contributed by atoms with Crippen molar-refractivity contribution in [2.24, 2.45) is 0 Å². The number of ketones is 1. The summed E-state index contributed by atoms with van der Waals surface area (Å²) in [6.45, 7) is 10.4. The first-order chi connectivity index (χ1) is 9.39. The maximum atomic E-state index is 12.2. The highest BCUT2D eigenvalue weighted by Crippen LogP contribution is 2.21. The van der Waals surface area contributed by atoms with E-state index in [4.69, 9.17) is 9.47 Å². The Hall–Kier alpha value is -1.59. The summed E-state index contributed by atoms with van der Waals surface area (Å²) in [7, 11) is 0. The van der Waals surface area contributed by atoms with E-state index in [1.54, 1.807) is 41.5 Å². The van der Waals surface area contributed by atoms with E-state index >= 15 is 0 Å². The third-order valence-electron chi connectivity index (χ3n) is 2.73. The largest absolute Gasteiger partial charge is 0.458 e. The first-order valence-electron chi connectivity index (χ1n) is 7.13. The fourth-order valence-electron chi connectivity index (χ4n) is 1.96. The van der Waals surface area contributed by atoms with Crippen molar-refractivity contribution in [3.63, 3.8) is 0 Å². The lowest BCUT2D eigenvalue weighted by atomic mass is 10.0. The Morgan fingerprint density at radius 2 is 1.57 bits per heavy atom. The SMILES string of the molecule is CC(C)(C)OC(=O)[C@@H]1CCC(=O)CN1C(=O)OC(C)(C)C. The molecule has 0 aromatic rings. The van der Waals surface area contributed by atoms with Gasteiger partial charge in [0.05, 0.1) is 6.54 Å². The smallest absolute Gasteiger partial charge is 0.411 e. The van der Waals surface area contributed by atoms with Crippen LogP contribution in [-0.2, 0) is 19.1 Å². The van der Waals surface area contributed by atoms with Gasteiger partial charge in [-0.15, -0.1) is 0 Å². The zero-order valence-electron chi connectivity index (χ0n) is 13.7. The van der Waals surface area contributed by atoms with Gasteiger partial charge in [0.25, 0.3) is 0 Å². The van der Waals surface area contributed by atoms with E-state index in [-0.39, 0.29) is 25.2 Å². The predicted octanol–water partition coefficient (Wildman–Crippen LogP) is 2.30. The Labute approximate surface area is 125 Å². The topological polar surface area (TPSA) is 72.9 Å². The van der Waals surface area contributed by atoms with E-state index in [2.05, 4.69) is 0 Å². The molecule has 1 saturated heterocycles. The number of piperidine rings is 1. The number of likely N-dealkylation sites (tertiary alicyclic amines) is 1.